The van der Waals surface area contributed by atoms with Gasteiger partial charge in [-0.15, -0.1) is 10.2 Å². The molecule has 10 nitrogen and oxygen atoms in total. The average molecular weight is 530 g/mol. The summed E-state index contributed by atoms with van der Waals surface area (Å²) in [7, 11) is 2.10. The number of likely N-dealkylation sites (N-methyl/N-ethyl adjacent to an activating group) is 1. The quantitative estimate of drug-likeness (QED) is 0.356. The van der Waals surface area contributed by atoms with Crippen LogP contribution in [0.5, 0.6) is 0 Å². The number of aliphatic hydroxyl groups excluding tert-OH is 1. The molecule has 0 bridgehead atoms. The van der Waals surface area contributed by atoms with Gasteiger partial charge >= 0.3 is 0 Å². The number of nitrogens with one attached hydrogen (secondary N) is 1. The van der Waals surface area contributed by atoms with E-state index >= 15 is 0 Å². The van der Waals surface area contributed by atoms with Crippen molar-refractivity contribution in [3.8, 4) is 0 Å². The molecule has 1 aliphatic carbocycles. The maximum Gasteiger partial charge on any atom is 0.230 e. The first-order chi connectivity index (χ1) is 19.0. The number of aromatic nitrogens is 6. The molecule has 4 aromatic rings. The first-order valence-electron chi connectivity index (χ1n) is 14.3. The second-order valence-electron chi connectivity index (χ2n) is 11.5. The molecule has 0 unspecified atom stereocenters. The molecule has 1 aliphatic heterocycles. The second-order valence-corrected chi connectivity index (χ2v) is 11.5. The summed E-state index contributed by atoms with van der Waals surface area (Å²) in [4.78, 5) is 18.6. The van der Waals surface area contributed by atoms with Gasteiger partial charge in [0.05, 0.1) is 17.8 Å². The van der Waals surface area contributed by atoms with Crippen LogP contribution in [-0.4, -0.2) is 78.6 Å². The number of rotatable bonds is 7. The fourth-order valence-corrected chi connectivity index (χ4v) is 6.37. The van der Waals surface area contributed by atoms with E-state index in [4.69, 9.17) is 4.98 Å². The minimum atomic E-state index is -0.305. The van der Waals surface area contributed by atoms with Crippen LogP contribution in [-0.2, 0) is 0 Å². The van der Waals surface area contributed by atoms with E-state index in [2.05, 4.69) is 59.9 Å². The van der Waals surface area contributed by atoms with Crippen molar-refractivity contribution in [3.05, 3.63) is 36.8 Å². The van der Waals surface area contributed by atoms with Gasteiger partial charge in [0, 0.05) is 54.9 Å². The topological polar surface area (TPSA) is 108 Å². The fraction of sp³-hybridized carbons (Fsp3) is 0.552. The summed E-state index contributed by atoms with van der Waals surface area (Å²) in [6.07, 6.45) is 12.3. The molecule has 1 saturated heterocycles. The van der Waals surface area contributed by atoms with Gasteiger partial charge < -0.3 is 24.8 Å². The molecule has 0 spiro atoms. The molecule has 2 aliphatic rings. The van der Waals surface area contributed by atoms with E-state index in [1.54, 1.807) is 0 Å². The summed E-state index contributed by atoms with van der Waals surface area (Å²) >= 11 is 0. The van der Waals surface area contributed by atoms with Gasteiger partial charge in [0.1, 0.15) is 5.65 Å². The zero-order valence-electron chi connectivity index (χ0n) is 23.2. The first-order valence-corrected chi connectivity index (χ1v) is 14.3. The number of pyridine rings is 1. The van der Waals surface area contributed by atoms with Gasteiger partial charge in [-0.25, -0.2) is 4.98 Å². The van der Waals surface area contributed by atoms with Crippen molar-refractivity contribution >= 4 is 39.5 Å². The molecule has 10 heteroatoms. The zero-order valence-corrected chi connectivity index (χ0v) is 23.2. The van der Waals surface area contributed by atoms with Crippen molar-refractivity contribution < 1.29 is 5.11 Å². The third-order valence-electron chi connectivity index (χ3n) is 8.55. The van der Waals surface area contributed by atoms with Gasteiger partial charge in [-0.05, 0) is 76.6 Å². The number of piperidine rings is 1. The monoisotopic (exact) mass is 529 g/mol. The van der Waals surface area contributed by atoms with Crippen LogP contribution in [0.2, 0.25) is 0 Å². The molecular weight excluding hydrogens is 490 g/mol. The van der Waals surface area contributed by atoms with Gasteiger partial charge in [0.15, 0.2) is 11.6 Å². The lowest BCUT2D eigenvalue weighted by molar-refractivity contribution is 0.108. The third kappa shape index (κ3) is 5.40. The molecule has 6 rings (SSSR count). The molecule has 4 aromatic heterocycles. The number of nitrogens with zero attached hydrogens (tertiary/aromatic N) is 8. The minimum Gasteiger partial charge on any atom is -0.392 e. The highest BCUT2D eigenvalue weighted by Crippen LogP contribution is 2.38. The largest absolute Gasteiger partial charge is 0.392 e. The average Bonchev–Trinajstić information content (AvgIpc) is 3.27. The van der Waals surface area contributed by atoms with Crippen LogP contribution < -0.4 is 10.2 Å². The minimum absolute atomic E-state index is 0.305. The lowest BCUT2D eigenvalue weighted by Gasteiger charge is -2.37. The molecule has 0 aromatic carbocycles. The van der Waals surface area contributed by atoms with Gasteiger partial charge in [-0.3, -0.25) is 4.98 Å². The van der Waals surface area contributed by atoms with Crippen LogP contribution in [0.3, 0.4) is 0 Å². The Kier molecular flexibility index (Phi) is 7.31. The van der Waals surface area contributed by atoms with E-state index < -0.39 is 0 Å². The Balaban J connectivity index is 1.18. The summed E-state index contributed by atoms with van der Waals surface area (Å²) < 4.78 is 2.38. The molecular formula is C29H39N9O. The summed E-state index contributed by atoms with van der Waals surface area (Å²) in [6, 6.07) is 6.93. The third-order valence-corrected chi connectivity index (χ3v) is 8.55. The fourth-order valence-electron chi connectivity index (χ4n) is 6.37. The van der Waals surface area contributed by atoms with E-state index in [0.29, 0.717) is 30.4 Å². The van der Waals surface area contributed by atoms with Crippen molar-refractivity contribution in [3.63, 3.8) is 0 Å². The summed E-state index contributed by atoms with van der Waals surface area (Å²) in [5, 5.41) is 24.1. The Morgan fingerprint density at radius 1 is 1.03 bits per heavy atom. The molecule has 1 atom stereocenters. The smallest absolute Gasteiger partial charge is 0.230 e. The first kappa shape index (κ1) is 25.9. The number of hydrogen-bond acceptors (Lipinski definition) is 9. The molecule has 39 heavy (non-hydrogen) atoms. The van der Waals surface area contributed by atoms with Crippen LogP contribution in [0, 0.1) is 5.92 Å². The van der Waals surface area contributed by atoms with Crippen molar-refractivity contribution in [1.29, 1.82) is 0 Å². The standard InChI is InChI=1S/C29H39N9O/c1-19-4-6-22(7-5-19)38-25-17-30-13-10-23(25)24-16-31-29(33-28(24)38)32-26-8-9-27(35-34-26)37-14-11-21(12-15-37)36(3)18-20(2)39/h8-10,13,16-17,19-22,39H,4-7,11-12,14-15,18H2,1-3H3,(H,31,32,33,34)/t19?,20-,22?/m1/s1. The van der Waals surface area contributed by atoms with Gasteiger partial charge in [0.25, 0.3) is 0 Å². The highest BCUT2D eigenvalue weighted by Gasteiger charge is 2.26. The predicted molar refractivity (Wildman–Crippen MR) is 154 cm³/mol. The van der Waals surface area contributed by atoms with Crippen LogP contribution in [0.25, 0.3) is 21.9 Å². The SMILES string of the molecule is CC1CCC(n2c3cnccc3c3cnc(Nc4ccc(N5CCC(N(C)C[C@@H](C)O)CC5)nn4)nc32)CC1. The molecule has 1 saturated carbocycles. The van der Waals surface area contributed by atoms with E-state index in [0.717, 1.165) is 72.4 Å². The Morgan fingerprint density at radius 2 is 1.82 bits per heavy atom. The molecule has 2 fully saturated rings. The van der Waals surface area contributed by atoms with E-state index in [1.807, 2.05) is 37.6 Å². The number of hydrogen-bond donors (Lipinski definition) is 2. The zero-order chi connectivity index (χ0) is 26.9. The highest BCUT2D eigenvalue weighted by molar-refractivity contribution is 6.06. The van der Waals surface area contributed by atoms with Crippen LogP contribution in [0.15, 0.2) is 36.8 Å². The van der Waals surface area contributed by atoms with E-state index in [1.165, 1.54) is 12.8 Å². The number of fused-ring (bicyclic) bond motifs is 3. The van der Waals surface area contributed by atoms with Crippen LogP contribution in [0.4, 0.5) is 17.6 Å². The number of aliphatic hydroxyl groups is 1. The van der Waals surface area contributed by atoms with Gasteiger partial charge in [-0.2, -0.15) is 4.98 Å². The Labute approximate surface area is 229 Å². The molecule has 5 heterocycles. The lowest BCUT2D eigenvalue weighted by Crippen LogP contribution is -2.45. The predicted octanol–water partition coefficient (Wildman–Crippen LogP) is 4.55. The van der Waals surface area contributed by atoms with E-state index in [-0.39, 0.29) is 6.10 Å². The Bertz CT molecular complexity index is 1400. The van der Waals surface area contributed by atoms with Crippen molar-refractivity contribution in [2.75, 3.05) is 36.9 Å². The van der Waals surface area contributed by atoms with Gasteiger partial charge in [0.2, 0.25) is 5.95 Å². The molecule has 2 N–H and O–H groups in total. The van der Waals surface area contributed by atoms with Crippen molar-refractivity contribution in [2.45, 2.75) is 70.6 Å². The lowest BCUT2D eigenvalue weighted by atomic mass is 9.87. The normalized spacial score (nSPS) is 21.6. The van der Waals surface area contributed by atoms with Gasteiger partial charge in [-0.1, -0.05) is 6.92 Å². The molecule has 0 radical (unpaired) electrons. The highest BCUT2D eigenvalue weighted by atomic mass is 16.3. The maximum absolute atomic E-state index is 9.69. The summed E-state index contributed by atoms with van der Waals surface area (Å²) in [5.74, 6) is 2.81. The summed E-state index contributed by atoms with van der Waals surface area (Å²) in [5.41, 5.74) is 2.08. The van der Waals surface area contributed by atoms with E-state index in [9.17, 15) is 5.11 Å². The number of anilines is 3. The summed E-state index contributed by atoms with van der Waals surface area (Å²) in [6.45, 7) is 6.75. The second kappa shape index (κ2) is 11.0. The van der Waals surface area contributed by atoms with Crippen molar-refractivity contribution in [2.24, 2.45) is 5.92 Å². The Morgan fingerprint density at radius 3 is 2.54 bits per heavy atom. The van der Waals surface area contributed by atoms with Crippen LogP contribution >= 0.6 is 0 Å². The van der Waals surface area contributed by atoms with Crippen LogP contribution in [0.1, 0.15) is 58.4 Å². The van der Waals surface area contributed by atoms with Crippen molar-refractivity contribution in [1.82, 2.24) is 34.6 Å². The molecule has 206 valence electrons. The Hall–Kier alpha value is -3.37. The maximum atomic E-state index is 9.69. The molecule has 0 amide bonds.